The maximum Gasteiger partial charge on any atom is 0.317 e. The first-order valence-electron chi connectivity index (χ1n) is 6.87. The maximum atomic E-state index is 11.9. The second-order valence-corrected chi connectivity index (χ2v) is 4.85. The highest BCUT2D eigenvalue weighted by Crippen LogP contribution is 2.17. The molecule has 0 atom stereocenters. The van der Waals surface area contributed by atoms with Crippen molar-refractivity contribution in [2.75, 3.05) is 26.7 Å². The quantitative estimate of drug-likeness (QED) is 0.808. The van der Waals surface area contributed by atoms with E-state index in [9.17, 15) is 9.59 Å². The van der Waals surface area contributed by atoms with Crippen LogP contribution < -0.4 is 5.32 Å². The summed E-state index contributed by atoms with van der Waals surface area (Å²) in [7, 11) is 1.67. The van der Waals surface area contributed by atoms with Crippen LogP contribution in [0.3, 0.4) is 0 Å². The number of carbonyl (C=O) groups excluding carboxylic acids is 2. The SMILES string of the molecule is CCN(CC)C(=O)CN(C)C(=O)NC1CCCC1. The number of rotatable bonds is 5. The molecule has 1 fully saturated rings. The third-order valence-corrected chi connectivity index (χ3v) is 3.52. The van der Waals surface area contributed by atoms with Gasteiger partial charge in [0.25, 0.3) is 0 Å². The second kappa shape index (κ2) is 7.24. The van der Waals surface area contributed by atoms with Crippen molar-refractivity contribution in [1.82, 2.24) is 15.1 Å². The minimum Gasteiger partial charge on any atom is -0.342 e. The number of urea groups is 1. The predicted molar refractivity (Wildman–Crippen MR) is 71.3 cm³/mol. The number of nitrogens with one attached hydrogen (secondary N) is 1. The Kier molecular flexibility index (Phi) is 5.95. The molecule has 5 heteroatoms. The zero-order valence-corrected chi connectivity index (χ0v) is 11.7. The lowest BCUT2D eigenvalue weighted by molar-refractivity contribution is -0.131. The molecule has 0 aromatic heterocycles. The minimum atomic E-state index is -0.137. The summed E-state index contributed by atoms with van der Waals surface area (Å²) in [4.78, 5) is 26.9. The molecule has 0 saturated heterocycles. The summed E-state index contributed by atoms with van der Waals surface area (Å²) in [6.45, 7) is 5.42. The number of amides is 3. The molecule has 1 N–H and O–H groups in total. The fourth-order valence-electron chi connectivity index (χ4n) is 2.31. The molecule has 5 nitrogen and oxygen atoms in total. The topological polar surface area (TPSA) is 52.7 Å². The Morgan fingerprint density at radius 1 is 1.17 bits per heavy atom. The highest BCUT2D eigenvalue weighted by atomic mass is 16.2. The van der Waals surface area contributed by atoms with Gasteiger partial charge < -0.3 is 15.1 Å². The standard InChI is InChI=1S/C13H25N3O2/c1-4-16(5-2)12(17)10-15(3)13(18)14-11-8-6-7-9-11/h11H,4-10H2,1-3H3,(H,14,18). The zero-order valence-electron chi connectivity index (χ0n) is 11.7. The molecule has 0 spiro atoms. The molecule has 1 aliphatic rings. The van der Waals surface area contributed by atoms with Crippen molar-refractivity contribution in [3.63, 3.8) is 0 Å². The van der Waals surface area contributed by atoms with Crippen molar-refractivity contribution in [1.29, 1.82) is 0 Å². The Hall–Kier alpha value is -1.26. The van der Waals surface area contributed by atoms with Gasteiger partial charge in [0, 0.05) is 26.2 Å². The van der Waals surface area contributed by atoms with E-state index in [0.29, 0.717) is 19.1 Å². The molecule has 0 aromatic rings. The van der Waals surface area contributed by atoms with E-state index in [4.69, 9.17) is 0 Å². The van der Waals surface area contributed by atoms with E-state index in [2.05, 4.69) is 5.32 Å². The van der Waals surface area contributed by atoms with E-state index in [1.807, 2.05) is 13.8 Å². The summed E-state index contributed by atoms with van der Waals surface area (Å²) in [6, 6.07) is 0.158. The third-order valence-electron chi connectivity index (χ3n) is 3.52. The first-order valence-corrected chi connectivity index (χ1v) is 6.87. The monoisotopic (exact) mass is 255 g/mol. The molecule has 104 valence electrons. The smallest absolute Gasteiger partial charge is 0.317 e. The van der Waals surface area contributed by atoms with Gasteiger partial charge in [0.2, 0.25) is 5.91 Å². The first kappa shape index (κ1) is 14.8. The Morgan fingerprint density at radius 3 is 2.22 bits per heavy atom. The highest BCUT2D eigenvalue weighted by Gasteiger charge is 2.21. The van der Waals surface area contributed by atoms with Crippen LogP contribution in [0.25, 0.3) is 0 Å². The van der Waals surface area contributed by atoms with Crippen LogP contribution in [0, 0.1) is 0 Å². The fourth-order valence-corrected chi connectivity index (χ4v) is 2.31. The second-order valence-electron chi connectivity index (χ2n) is 4.85. The summed E-state index contributed by atoms with van der Waals surface area (Å²) < 4.78 is 0. The third kappa shape index (κ3) is 4.20. The highest BCUT2D eigenvalue weighted by molar-refractivity contribution is 5.84. The molecule has 1 saturated carbocycles. The largest absolute Gasteiger partial charge is 0.342 e. The molecular formula is C13H25N3O2. The van der Waals surface area contributed by atoms with Crippen molar-refractivity contribution in [2.24, 2.45) is 0 Å². The van der Waals surface area contributed by atoms with Crippen LogP contribution in [0.15, 0.2) is 0 Å². The van der Waals surface area contributed by atoms with Gasteiger partial charge in [0.15, 0.2) is 0 Å². The number of hydrogen-bond donors (Lipinski definition) is 1. The van der Waals surface area contributed by atoms with Crippen molar-refractivity contribution in [3.05, 3.63) is 0 Å². The van der Waals surface area contributed by atoms with E-state index in [1.54, 1.807) is 11.9 Å². The Morgan fingerprint density at radius 2 is 1.72 bits per heavy atom. The van der Waals surface area contributed by atoms with Gasteiger partial charge in [0.1, 0.15) is 6.54 Å². The number of likely N-dealkylation sites (N-methyl/N-ethyl adjacent to an activating group) is 2. The van der Waals surface area contributed by atoms with Gasteiger partial charge in [-0.1, -0.05) is 12.8 Å². The first-order chi connectivity index (χ1) is 8.58. The number of hydrogen-bond acceptors (Lipinski definition) is 2. The summed E-state index contributed by atoms with van der Waals surface area (Å²) in [6.07, 6.45) is 4.49. The van der Waals surface area contributed by atoms with Crippen LogP contribution in [-0.2, 0) is 4.79 Å². The van der Waals surface area contributed by atoms with Crippen molar-refractivity contribution in [2.45, 2.75) is 45.6 Å². The minimum absolute atomic E-state index is 0.00377. The summed E-state index contributed by atoms with van der Waals surface area (Å²) in [5, 5.41) is 2.98. The van der Waals surface area contributed by atoms with Gasteiger partial charge in [-0.05, 0) is 26.7 Å². The summed E-state index contributed by atoms with van der Waals surface area (Å²) in [5.41, 5.74) is 0. The Bertz CT molecular complexity index is 284. The van der Waals surface area contributed by atoms with Gasteiger partial charge >= 0.3 is 6.03 Å². The predicted octanol–water partition coefficient (Wildman–Crippen LogP) is 1.44. The molecule has 0 aliphatic heterocycles. The maximum absolute atomic E-state index is 11.9. The molecular weight excluding hydrogens is 230 g/mol. The summed E-state index contributed by atoms with van der Waals surface area (Å²) in [5.74, 6) is 0.00377. The fraction of sp³-hybridized carbons (Fsp3) is 0.846. The molecule has 0 unspecified atom stereocenters. The lowest BCUT2D eigenvalue weighted by atomic mass is 10.2. The van der Waals surface area contributed by atoms with Crippen LogP contribution in [0.4, 0.5) is 4.79 Å². The van der Waals surface area contributed by atoms with E-state index in [-0.39, 0.29) is 18.5 Å². The molecule has 0 radical (unpaired) electrons. The molecule has 1 rings (SSSR count). The normalized spacial score (nSPS) is 15.5. The number of nitrogens with zero attached hydrogens (tertiary/aromatic N) is 2. The summed E-state index contributed by atoms with van der Waals surface area (Å²) >= 11 is 0. The van der Waals surface area contributed by atoms with E-state index in [0.717, 1.165) is 12.8 Å². The zero-order chi connectivity index (χ0) is 13.5. The van der Waals surface area contributed by atoms with E-state index >= 15 is 0 Å². The molecule has 1 aliphatic carbocycles. The van der Waals surface area contributed by atoms with Gasteiger partial charge in [-0.3, -0.25) is 4.79 Å². The van der Waals surface area contributed by atoms with Gasteiger partial charge in [-0.2, -0.15) is 0 Å². The number of carbonyl (C=O) groups is 2. The average molecular weight is 255 g/mol. The molecule has 0 heterocycles. The molecule has 0 aromatic carbocycles. The average Bonchev–Trinajstić information content (AvgIpc) is 2.83. The van der Waals surface area contributed by atoms with Crippen LogP contribution in [0.1, 0.15) is 39.5 Å². The Balaban J connectivity index is 2.36. The van der Waals surface area contributed by atoms with E-state index in [1.165, 1.54) is 17.7 Å². The lowest BCUT2D eigenvalue weighted by Gasteiger charge is -2.24. The lowest BCUT2D eigenvalue weighted by Crippen LogP contribution is -2.47. The van der Waals surface area contributed by atoms with Crippen molar-refractivity contribution >= 4 is 11.9 Å². The molecule has 18 heavy (non-hydrogen) atoms. The van der Waals surface area contributed by atoms with E-state index < -0.39 is 0 Å². The van der Waals surface area contributed by atoms with Crippen LogP contribution in [0.2, 0.25) is 0 Å². The van der Waals surface area contributed by atoms with Crippen LogP contribution in [-0.4, -0.2) is 54.5 Å². The van der Waals surface area contributed by atoms with Crippen LogP contribution >= 0.6 is 0 Å². The van der Waals surface area contributed by atoms with Crippen LogP contribution in [0.5, 0.6) is 0 Å². The van der Waals surface area contributed by atoms with Gasteiger partial charge in [-0.25, -0.2) is 4.79 Å². The van der Waals surface area contributed by atoms with Gasteiger partial charge in [-0.15, -0.1) is 0 Å². The van der Waals surface area contributed by atoms with Gasteiger partial charge in [0.05, 0.1) is 0 Å². The molecule has 0 bridgehead atoms. The Labute approximate surface area is 110 Å². The molecule has 3 amide bonds. The van der Waals surface area contributed by atoms with Crippen molar-refractivity contribution < 1.29 is 9.59 Å². The van der Waals surface area contributed by atoms with Crippen molar-refractivity contribution in [3.8, 4) is 0 Å².